The number of rotatable bonds is 2. The third-order valence-electron chi connectivity index (χ3n) is 0.860. The van der Waals surface area contributed by atoms with Crippen LogP contribution < -0.4 is 0 Å². The van der Waals surface area contributed by atoms with Crippen molar-refractivity contribution < 1.29 is 14.4 Å². The van der Waals surface area contributed by atoms with Gasteiger partial charge in [0.25, 0.3) is 5.91 Å². The molecule has 1 aliphatic rings. The van der Waals surface area contributed by atoms with Crippen LogP contribution in [-0.2, 0) is 14.4 Å². The number of thiocarbonyl (C=S) groups is 1. The number of amides is 1. The van der Waals surface area contributed by atoms with E-state index in [4.69, 9.17) is 0 Å². The first kappa shape index (κ1) is 7.49. The van der Waals surface area contributed by atoms with Crippen LogP contribution in [0.1, 0.15) is 0 Å². The second-order valence-electron chi connectivity index (χ2n) is 1.44. The number of carbonyl (C=O) groups excluding carboxylic acids is 2. The molecule has 1 heterocycles. The van der Waals surface area contributed by atoms with Gasteiger partial charge < -0.3 is 4.84 Å². The quantitative estimate of drug-likeness (QED) is 0.436. The summed E-state index contributed by atoms with van der Waals surface area (Å²) in [6.45, 7) is 0.177. The van der Waals surface area contributed by atoms with Gasteiger partial charge in [0.1, 0.15) is 0 Å². The molecule has 0 N–H and O–H groups in total. The predicted octanol–water partition coefficient (Wildman–Crippen LogP) is -0.0653. The fourth-order valence-corrected chi connectivity index (χ4v) is 1.44. The summed E-state index contributed by atoms with van der Waals surface area (Å²) in [7, 11) is 0. The number of hydrogen-bond acceptors (Lipinski definition) is 5. The summed E-state index contributed by atoms with van der Waals surface area (Å²) >= 11 is 5.84. The van der Waals surface area contributed by atoms with Gasteiger partial charge in [0.2, 0.25) is 0 Å². The highest BCUT2D eigenvalue weighted by Crippen LogP contribution is 2.18. The van der Waals surface area contributed by atoms with E-state index < -0.39 is 0 Å². The molecule has 0 radical (unpaired) electrons. The molecule has 0 atom stereocenters. The van der Waals surface area contributed by atoms with Gasteiger partial charge in [-0.25, -0.2) is 0 Å². The minimum Gasteiger partial charge on any atom is -0.335 e. The molecule has 1 amide bonds. The summed E-state index contributed by atoms with van der Waals surface area (Å²) in [5.74, 6) is -0.0331. The fourth-order valence-electron chi connectivity index (χ4n) is 0.487. The summed E-state index contributed by atoms with van der Waals surface area (Å²) < 4.78 is 0.289. The Morgan fingerprint density at radius 1 is 1.80 bits per heavy atom. The molecule has 0 unspecified atom stereocenters. The molecule has 6 heteroatoms. The molecule has 54 valence electrons. The zero-order valence-corrected chi connectivity index (χ0v) is 6.41. The van der Waals surface area contributed by atoms with Crippen LogP contribution in [0.5, 0.6) is 0 Å². The summed E-state index contributed by atoms with van der Waals surface area (Å²) in [6.07, 6.45) is 0. The van der Waals surface area contributed by atoms with E-state index in [-0.39, 0.29) is 22.5 Å². The highest BCUT2D eigenvalue weighted by atomic mass is 32.2. The van der Waals surface area contributed by atoms with Crippen LogP contribution in [0, 0.1) is 0 Å². The molecule has 0 bridgehead atoms. The van der Waals surface area contributed by atoms with Crippen LogP contribution in [0.2, 0.25) is 0 Å². The maximum atomic E-state index is 10.7. The molecule has 1 fully saturated rings. The van der Waals surface area contributed by atoms with Crippen molar-refractivity contribution in [3.05, 3.63) is 0 Å². The van der Waals surface area contributed by atoms with Gasteiger partial charge in [0.15, 0.2) is 4.32 Å². The van der Waals surface area contributed by atoms with E-state index in [1.807, 2.05) is 0 Å². The summed E-state index contributed by atoms with van der Waals surface area (Å²) in [5, 5.41) is 0.812. The van der Waals surface area contributed by atoms with Crippen molar-refractivity contribution in [2.45, 2.75) is 0 Å². The van der Waals surface area contributed by atoms with E-state index in [0.29, 0.717) is 0 Å². The van der Waals surface area contributed by atoms with Crippen molar-refractivity contribution in [1.29, 1.82) is 0 Å². The van der Waals surface area contributed by atoms with Gasteiger partial charge in [-0.1, -0.05) is 11.8 Å². The van der Waals surface area contributed by atoms with Crippen LogP contribution >= 0.6 is 24.0 Å². The SMILES string of the molecule is O=CON1C(=O)CSC1=S. The van der Waals surface area contributed by atoms with E-state index in [1.54, 1.807) is 0 Å². The summed E-state index contributed by atoms with van der Waals surface area (Å²) in [6, 6.07) is 0. The fraction of sp³-hybridized carbons (Fsp3) is 0.250. The molecule has 1 saturated heterocycles. The second-order valence-corrected chi connectivity index (χ2v) is 3.05. The topological polar surface area (TPSA) is 46.6 Å². The van der Waals surface area contributed by atoms with Gasteiger partial charge in [-0.15, -0.1) is 5.06 Å². The smallest absolute Gasteiger partial charge is 0.321 e. The van der Waals surface area contributed by atoms with Crippen LogP contribution in [0.3, 0.4) is 0 Å². The maximum Gasteiger partial charge on any atom is 0.321 e. The zero-order valence-electron chi connectivity index (χ0n) is 4.77. The normalized spacial score (nSPS) is 17.8. The Morgan fingerprint density at radius 3 is 2.90 bits per heavy atom. The van der Waals surface area contributed by atoms with Crippen molar-refractivity contribution >= 4 is 40.7 Å². The Morgan fingerprint density at radius 2 is 2.50 bits per heavy atom. The second kappa shape index (κ2) is 2.98. The van der Waals surface area contributed by atoms with E-state index >= 15 is 0 Å². The minimum atomic E-state index is -0.290. The Balaban J connectivity index is 2.62. The molecule has 0 aromatic heterocycles. The molecule has 1 aliphatic heterocycles. The van der Waals surface area contributed by atoms with E-state index in [9.17, 15) is 9.59 Å². The van der Waals surface area contributed by atoms with Crippen LogP contribution in [-0.4, -0.2) is 27.5 Å². The average molecular weight is 177 g/mol. The van der Waals surface area contributed by atoms with E-state index in [1.165, 1.54) is 11.8 Å². The molecular formula is C4H3NO3S2. The average Bonchev–Trinajstić information content (AvgIpc) is 2.20. The lowest BCUT2D eigenvalue weighted by molar-refractivity contribution is -0.167. The van der Waals surface area contributed by atoms with Gasteiger partial charge in [-0.3, -0.25) is 9.59 Å². The third-order valence-corrected chi connectivity index (χ3v) is 2.18. The minimum absolute atomic E-state index is 0.177. The predicted molar refractivity (Wildman–Crippen MR) is 39.1 cm³/mol. The highest BCUT2D eigenvalue weighted by Gasteiger charge is 2.28. The zero-order chi connectivity index (χ0) is 7.56. The summed E-state index contributed by atoms with van der Waals surface area (Å²) in [4.78, 5) is 24.7. The molecule has 0 aliphatic carbocycles. The van der Waals surface area contributed by atoms with E-state index in [0.717, 1.165) is 5.06 Å². The number of hydrogen-bond donors (Lipinski definition) is 0. The first-order valence-corrected chi connectivity index (χ1v) is 3.75. The highest BCUT2D eigenvalue weighted by molar-refractivity contribution is 8.23. The standard InChI is InChI=1S/C4H3NO3S2/c6-2-8-5-3(7)1-10-4(5)9/h2H,1H2. The van der Waals surface area contributed by atoms with Gasteiger partial charge in [0.05, 0.1) is 5.75 Å². The third kappa shape index (κ3) is 1.27. The van der Waals surface area contributed by atoms with Crippen molar-refractivity contribution in [3.8, 4) is 0 Å². The molecule has 0 aromatic carbocycles. The van der Waals surface area contributed by atoms with E-state index in [2.05, 4.69) is 17.1 Å². The first-order chi connectivity index (χ1) is 4.75. The monoisotopic (exact) mass is 177 g/mol. The number of thioether (sulfide) groups is 1. The Bertz CT molecular complexity index is 177. The van der Waals surface area contributed by atoms with Crippen LogP contribution in [0.25, 0.3) is 0 Å². The Hall–Kier alpha value is -0.620. The molecule has 1 rings (SSSR count). The lowest BCUT2D eigenvalue weighted by Crippen LogP contribution is -2.27. The van der Waals surface area contributed by atoms with Gasteiger partial charge in [0, 0.05) is 0 Å². The van der Waals surface area contributed by atoms with Crippen LogP contribution in [0.4, 0.5) is 0 Å². The Kier molecular flexibility index (Phi) is 2.23. The van der Waals surface area contributed by atoms with Gasteiger partial charge >= 0.3 is 6.47 Å². The molecule has 0 saturated carbocycles. The van der Waals surface area contributed by atoms with Gasteiger partial charge in [-0.2, -0.15) is 0 Å². The largest absolute Gasteiger partial charge is 0.335 e. The molecule has 4 nitrogen and oxygen atoms in total. The first-order valence-electron chi connectivity index (χ1n) is 2.36. The summed E-state index contributed by atoms with van der Waals surface area (Å²) in [5.41, 5.74) is 0. The maximum absolute atomic E-state index is 10.7. The van der Waals surface area contributed by atoms with Crippen molar-refractivity contribution in [2.75, 3.05) is 5.75 Å². The van der Waals surface area contributed by atoms with Crippen LogP contribution in [0.15, 0.2) is 0 Å². The van der Waals surface area contributed by atoms with Gasteiger partial charge in [-0.05, 0) is 12.2 Å². The van der Waals surface area contributed by atoms with Crippen molar-refractivity contribution in [1.82, 2.24) is 5.06 Å². The van der Waals surface area contributed by atoms with Crippen molar-refractivity contribution in [3.63, 3.8) is 0 Å². The van der Waals surface area contributed by atoms with Crippen molar-refractivity contribution in [2.24, 2.45) is 0 Å². The molecular weight excluding hydrogens is 174 g/mol. The lowest BCUT2D eigenvalue weighted by atomic mass is 10.7. The number of carbonyl (C=O) groups is 2. The lowest BCUT2D eigenvalue weighted by Gasteiger charge is -2.08. The molecule has 0 spiro atoms. The molecule has 0 aromatic rings. The molecule has 10 heavy (non-hydrogen) atoms. The Labute approximate surface area is 66.5 Å². The number of hydroxylamine groups is 2. The number of nitrogens with zero attached hydrogens (tertiary/aromatic N) is 1.